The highest BCUT2D eigenvalue weighted by molar-refractivity contribution is 7.86. The van der Waals surface area contributed by atoms with Crippen LogP contribution < -0.4 is 0 Å². The maximum atomic E-state index is 11.9. The summed E-state index contributed by atoms with van der Waals surface area (Å²) in [6, 6.07) is 7.97. The average Bonchev–Trinajstić information content (AvgIpc) is 2.99. The first-order valence-corrected chi connectivity index (χ1v) is 16.5. The van der Waals surface area contributed by atoms with Crippen molar-refractivity contribution >= 4 is 16.1 Å². The molecule has 0 amide bonds. The molecular formula is C30H52O11S. The molecule has 0 atom stereocenters. The summed E-state index contributed by atoms with van der Waals surface area (Å²) in [5.74, 6) is -0.151. The lowest BCUT2D eigenvalue weighted by Crippen LogP contribution is -2.15. The Hall–Kier alpha value is -1.64. The number of ether oxygens (including phenoxy) is 7. The third kappa shape index (κ3) is 23.9. The molecule has 0 spiro atoms. The van der Waals surface area contributed by atoms with Crippen molar-refractivity contribution in [2.24, 2.45) is 0 Å². The van der Waals surface area contributed by atoms with Crippen LogP contribution in [0.15, 0.2) is 35.2 Å². The monoisotopic (exact) mass is 620 g/mol. The van der Waals surface area contributed by atoms with E-state index in [1.807, 2.05) is 0 Å². The van der Waals surface area contributed by atoms with Crippen LogP contribution in [0.5, 0.6) is 0 Å². The highest BCUT2D eigenvalue weighted by Crippen LogP contribution is 2.11. The molecule has 0 heterocycles. The van der Waals surface area contributed by atoms with Crippen LogP contribution in [0, 0.1) is 0 Å². The Kier molecular flexibility index (Phi) is 25.7. The van der Waals surface area contributed by atoms with Crippen LogP contribution in [-0.2, 0) is 52.3 Å². The molecule has 0 saturated carbocycles. The van der Waals surface area contributed by atoms with Crippen LogP contribution in [0.4, 0.5) is 0 Å². The summed E-state index contributed by atoms with van der Waals surface area (Å²) < 4.78 is 66.4. The molecule has 0 N–H and O–H groups in total. The van der Waals surface area contributed by atoms with E-state index in [4.69, 9.17) is 37.3 Å². The number of carbonyl (C=O) groups excluding carboxylic acids is 1. The van der Waals surface area contributed by atoms with Crippen LogP contribution in [0.1, 0.15) is 58.3 Å². The fraction of sp³-hybridized carbons (Fsp3) is 0.767. The lowest BCUT2D eigenvalue weighted by Gasteiger charge is -2.09. The van der Waals surface area contributed by atoms with Gasteiger partial charge in [0.15, 0.2) is 0 Å². The Morgan fingerprint density at radius 3 is 1.43 bits per heavy atom. The highest BCUT2D eigenvalue weighted by atomic mass is 32.2. The fourth-order valence-corrected chi connectivity index (χ4v) is 4.49. The van der Waals surface area contributed by atoms with Gasteiger partial charge in [0.1, 0.15) is 6.61 Å². The minimum Gasteiger partial charge on any atom is -0.463 e. The molecule has 12 heteroatoms. The third-order valence-corrected chi connectivity index (χ3v) is 7.16. The third-order valence-electron chi connectivity index (χ3n) is 5.83. The van der Waals surface area contributed by atoms with Crippen molar-refractivity contribution in [3.63, 3.8) is 0 Å². The molecule has 0 saturated heterocycles. The van der Waals surface area contributed by atoms with E-state index >= 15 is 0 Å². The zero-order valence-corrected chi connectivity index (χ0v) is 26.2. The normalized spacial score (nSPS) is 11.6. The second-order valence-corrected chi connectivity index (χ2v) is 11.0. The maximum Gasteiger partial charge on any atom is 0.305 e. The number of hydrogen-bond donors (Lipinski definition) is 0. The maximum absolute atomic E-state index is 11.9. The van der Waals surface area contributed by atoms with Gasteiger partial charge >= 0.3 is 5.97 Å². The summed E-state index contributed by atoms with van der Waals surface area (Å²) in [6.45, 7) is 7.22. The van der Waals surface area contributed by atoms with Gasteiger partial charge in [-0.2, -0.15) is 8.42 Å². The largest absolute Gasteiger partial charge is 0.463 e. The molecule has 0 aliphatic carbocycles. The summed E-state index contributed by atoms with van der Waals surface area (Å²) in [4.78, 5) is 11.8. The summed E-state index contributed by atoms with van der Waals surface area (Å²) in [7, 11) is -3.75. The van der Waals surface area contributed by atoms with Crippen molar-refractivity contribution in [2.45, 2.75) is 63.2 Å². The lowest BCUT2D eigenvalue weighted by atomic mass is 10.1. The van der Waals surface area contributed by atoms with Crippen molar-refractivity contribution < 1.29 is 50.6 Å². The van der Waals surface area contributed by atoms with Gasteiger partial charge in [-0.3, -0.25) is 8.98 Å². The van der Waals surface area contributed by atoms with Gasteiger partial charge in [-0.1, -0.05) is 63.6 Å². The van der Waals surface area contributed by atoms with Crippen molar-refractivity contribution in [1.82, 2.24) is 0 Å². The molecule has 0 unspecified atom stereocenters. The van der Waals surface area contributed by atoms with Crippen LogP contribution >= 0.6 is 0 Å². The van der Waals surface area contributed by atoms with Gasteiger partial charge < -0.3 is 33.2 Å². The first-order chi connectivity index (χ1) is 20.6. The highest BCUT2D eigenvalue weighted by Gasteiger charge is 2.13. The fourth-order valence-electron chi connectivity index (χ4n) is 3.57. The van der Waals surface area contributed by atoms with E-state index in [1.54, 1.807) is 18.2 Å². The van der Waals surface area contributed by atoms with Crippen molar-refractivity contribution in [1.29, 1.82) is 0 Å². The van der Waals surface area contributed by atoms with Gasteiger partial charge in [0.25, 0.3) is 10.1 Å². The van der Waals surface area contributed by atoms with Gasteiger partial charge in [0, 0.05) is 6.42 Å². The number of esters is 1. The second-order valence-electron chi connectivity index (χ2n) is 9.36. The summed E-state index contributed by atoms with van der Waals surface area (Å²) >= 11 is 0. The molecular weight excluding hydrogens is 568 g/mol. The molecule has 0 bridgehead atoms. The molecule has 0 radical (unpaired) electrons. The van der Waals surface area contributed by atoms with E-state index in [-0.39, 0.29) is 30.7 Å². The zero-order valence-electron chi connectivity index (χ0n) is 25.3. The average molecular weight is 621 g/mol. The predicted molar refractivity (Wildman–Crippen MR) is 158 cm³/mol. The molecule has 244 valence electrons. The van der Waals surface area contributed by atoms with E-state index in [1.165, 1.54) is 44.2 Å². The Bertz CT molecular complexity index is 837. The van der Waals surface area contributed by atoms with E-state index in [0.29, 0.717) is 79.1 Å². The van der Waals surface area contributed by atoms with E-state index in [0.717, 1.165) is 12.8 Å². The first-order valence-electron chi connectivity index (χ1n) is 15.1. The minimum absolute atomic E-state index is 0.0583. The topological polar surface area (TPSA) is 125 Å². The Morgan fingerprint density at radius 2 is 0.952 bits per heavy atom. The van der Waals surface area contributed by atoms with E-state index < -0.39 is 10.1 Å². The van der Waals surface area contributed by atoms with Gasteiger partial charge in [-0.25, -0.2) is 0 Å². The number of carbonyl (C=O) groups is 1. The van der Waals surface area contributed by atoms with Gasteiger partial charge in [-0.05, 0) is 18.6 Å². The number of benzene rings is 1. The molecule has 0 fully saturated rings. The number of rotatable bonds is 31. The molecule has 1 aromatic carbocycles. The Balaban J connectivity index is 1.72. The van der Waals surface area contributed by atoms with E-state index in [9.17, 15) is 13.2 Å². The molecule has 0 aromatic heterocycles. The molecule has 1 aromatic rings. The van der Waals surface area contributed by atoms with Crippen LogP contribution in [-0.4, -0.2) is 107 Å². The van der Waals surface area contributed by atoms with Gasteiger partial charge in [0.2, 0.25) is 0 Å². The van der Waals surface area contributed by atoms with Gasteiger partial charge in [0.05, 0.1) is 90.8 Å². The second kappa shape index (κ2) is 28.1. The van der Waals surface area contributed by atoms with Crippen molar-refractivity contribution in [3.05, 3.63) is 30.3 Å². The molecule has 42 heavy (non-hydrogen) atoms. The molecule has 11 nitrogen and oxygen atoms in total. The van der Waals surface area contributed by atoms with Crippen LogP contribution in [0.2, 0.25) is 0 Å². The first kappa shape index (κ1) is 38.4. The number of unbranched alkanes of at least 4 members (excludes halogenated alkanes) is 6. The summed E-state index contributed by atoms with van der Waals surface area (Å²) in [5.41, 5.74) is 0. The smallest absolute Gasteiger partial charge is 0.305 e. The standard InChI is InChI=1S/C30H52O11S/c1-2-3-4-5-6-7-11-14-30(31)40-27-25-38-23-21-36-19-17-34-15-16-35-18-20-37-22-24-39-26-28-41-42(32,33)29-12-9-8-10-13-29/h8-10,12-13H,2-7,11,14-28H2,1H3. The van der Waals surface area contributed by atoms with Gasteiger partial charge in [-0.15, -0.1) is 0 Å². The van der Waals surface area contributed by atoms with Crippen LogP contribution in [0.3, 0.4) is 0 Å². The predicted octanol–water partition coefficient (Wildman–Crippen LogP) is 4.18. The zero-order chi connectivity index (χ0) is 30.4. The molecule has 0 aliphatic rings. The molecule has 0 aliphatic heterocycles. The minimum atomic E-state index is -3.75. The lowest BCUT2D eigenvalue weighted by molar-refractivity contribution is -0.145. The number of hydrogen-bond acceptors (Lipinski definition) is 11. The SMILES string of the molecule is CCCCCCCCCC(=O)OCCOCCOCCOCCOCCOCCOCCOS(=O)(=O)c1ccccc1. The van der Waals surface area contributed by atoms with E-state index in [2.05, 4.69) is 6.92 Å². The quantitative estimate of drug-likeness (QED) is 0.0675. The Morgan fingerprint density at radius 1 is 0.548 bits per heavy atom. The van der Waals surface area contributed by atoms with Crippen molar-refractivity contribution in [2.75, 3.05) is 92.5 Å². The molecule has 1 rings (SSSR count). The summed E-state index contributed by atoms with van der Waals surface area (Å²) in [5, 5.41) is 0. The Labute approximate surface area is 252 Å². The van der Waals surface area contributed by atoms with Crippen molar-refractivity contribution in [3.8, 4) is 0 Å². The summed E-state index contributed by atoms with van der Waals surface area (Å²) in [6.07, 6.45) is 8.74. The van der Waals surface area contributed by atoms with Crippen LogP contribution in [0.25, 0.3) is 0 Å².